The van der Waals surface area contributed by atoms with Gasteiger partial charge in [-0.2, -0.15) is 0 Å². The van der Waals surface area contributed by atoms with Crippen molar-refractivity contribution < 1.29 is 9.66 Å². The fourth-order valence-electron chi connectivity index (χ4n) is 3.10. The number of ether oxygens (including phenoxy) is 1. The minimum absolute atomic E-state index is 0.0281. The maximum absolute atomic E-state index is 13.1. The number of H-pyrrole nitrogens is 1. The lowest BCUT2D eigenvalue weighted by molar-refractivity contribution is -0.384. The van der Waals surface area contributed by atoms with Gasteiger partial charge in [-0.25, -0.2) is 4.68 Å². The Morgan fingerprint density at radius 1 is 1.17 bits per heavy atom. The van der Waals surface area contributed by atoms with Crippen LogP contribution < -0.4 is 10.3 Å². The van der Waals surface area contributed by atoms with Crippen molar-refractivity contribution in [2.45, 2.75) is 26.7 Å². The number of hydrogen-bond donors (Lipinski definition) is 1. The smallest absolute Gasteiger partial charge is 0.280 e. The van der Waals surface area contributed by atoms with Gasteiger partial charge < -0.3 is 4.74 Å². The van der Waals surface area contributed by atoms with Crippen molar-refractivity contribution in [1.29, 1.82) is 0 Å². The second-order valence-electron chi connectivity index (χ2n) is 6.52. The molecule has 8 nitrogen and oxygen atoms in total. The number of aliphatic imine (C=N–C) groups is 1. The molecule has 29 heavy (non-hydrogen) atoms. The summed E-state index contributed by atoms with van der Waals surface area (Å²) in [5.41, 5.74) is 2.87. The van der Waals surface area contributed by atoms with Crippen LogP contribution in [0.25, 0.3) is 5.69 Å². The first-order valence-corrected chi connectivity index (χ1v) is 9.23. The number of nitro groups is 1. The van der Waals surface area contributed by atoms with Gasteiger partial charge in [0.1, 0.15) is 5.75 Å². The van der Waals surface area contributed by atoms with E-state index in [1.165, 1.54) is 16.8 Å². The van der Waals surface area contributed by atoms with Crippen molar-refractivity contribution in [3.63, 3.8) is 0 Å². The summed E-state index contributed by atoms with van der Waals surface area (Å²) >= 11 is 0. The van der Waals surface area contributed by atoms with Crippen LogP contribution in [0.2, 0.25) is 0 Å². The lowest BCUT2D eigenvalue weighted by atomic mass is 10.1. The summed E-state index contributed by atoms with van der Waals surface area (Å²) in [6, 6.07) is 13.1. The van der Waals surface area contributed by atoms with Gasteiger partial charge in [0.15, 0.2) is 0 Å². The van der Waals surface area contributed by atoms with E-state index in [1.54, 1.807) is 26.2 Å². The summed E-state index contributed by atoms with van der Waals surface area (Å²) in [7, 11) is 1.60. The molecule has 150 valence electrons. The quantitative estimate of drug-likeness (QED) is 0.369. The molecule has 3 rings (SSSR count). The van der Waals surface area contributed by atoms with Crippen LogP contribution in [0.15, 0.2) is 58.3 Å². The standard InChI is InChI=1S/C21H22N4O4/c1-4-5-19-20(14(2)22-15-6-12-18(29-3)13-7-15)21(26)24(23-19)16-8-10-17(11-9-16)25(27)28/h6-13,23H,4-5H2,1-3H3. The van der Waals surface area contributed by atoms with Gasteiger partial charge >= 0.3 is 0 Å². The molecule has 0 bridgehead atoms. The molecule has 1 aromatic heterocycles. The molecular weight excluding hydrogens is 372 g/mol. The van der Waals surface area contributed by atoms with Crippen LogP contribution in [0.5, 0.6) is 5.75 Å². The minimum Gasteiger partial charge on any atom is -0.497 e. The van der Waals surface area contributed by atoms with Gasteiger partial charge in [-0.05, 0) is 49.7 Å². The number of methoxy groups -OCH3 is 1. The molecule has 8 heteroatoms. The average molecular weight is 394 g/mol. The molecule has 0 aliphatic rings. The molecule has 0 fully saturated rings. The van der Waals surface area contributed by atoms with Crippen LogP contribution in [-0.2, 0) is 6.42 Å². The average Bonchev–Trinajstić information content (AvgIpc) is 3.05. The molecule has 0 atom stereocenters. The molecule has 0 amide bonds. The summed E-state index contributed by atoms with van der Waals surface area (Å²) in [6.45, 7) is 3.83. The van der Waals surface area contributed by atoms with Crippen LogP contribution in [-0.4, -0.2) is 27.5 Å². The van der Waals surface area contributed by atoms with E-state index in [1.807, 2.05) is 31.2 Å². The first-order valence-electron chi connectivity index (χ1n) is 9.23. The van der Waals surface area contributed by atoms with E-state index in [4.69, 9.17) is 4.74 Å². The zero-order valence-electron chi connectivity index (χ0n) is 16.5. The highest BCUT2D eigenvalue weighted by Gasteiger charge is 2.18. The highest BCUT2D eigenvalue weighted by molar-refractivity contribution is 6.01. The van der Waals surface area contributed by atoms with Crippen LogP contribution in [0.4, 0.5) is 11.4 Å². The highest BCUT2D eigenvalue weighted by Crippen LogP contribution is 2.20. The Bertz CT molecular complexity index is 1090. The summed E-state index contributed by atoms with van der Waals surface area (Å²) in [5, 5.41) is 14.0. The molecule has 2 aromatic carbocycles. The van der Waals surface area contributed by atoms with Crippen LogP contribution >= 0.6 is 0 Å². The molecule has 0 aliphatic heterocycles. The number of aryl methyl sites for hydroxylation is 1. The largest absolute Gasteiger partial charge is 0.497 e. The van der Waals surface area contributed by atoms with Gasteiger partial charge in [0.25, 0.3) is 11.2 Å². The molecule has 1 heterocycles. The first kappa shape index (κ1) is 20.1. The lowest BCUT2D eigenvalue weighted by Gasteiger charge is -2.02. The Morgan fingerprint density at radius 2 is 1.83 bits per heavy atom. The van der Waals surface area contributed by atoms with Crippen LogP contribution in [0.1, 0.15) is 31.5 Å². The Hall–Kier alpha value is -3.68. The van der Waals surface area contributed by atoms with E-state index in [-0.39, 0.29) is 11.2 Å². The maximum Gasteiger partial charge on any atom is 0.280 e. The Kier molecular flexibility index (Phi) is 5.92. The summed E-state index contributed by atoms with van der Waals surface area (Å²) < 4.78 is 6.56. The SMILES string of the molecule is CCCc1[nH]n(-c2ccc([N+](=O)[O-])cc2)c(=O)c1C(C)=Nc1ccc(OC)cc1. The number of nitro benzene ring substituents is 1. The fourth-order valence-corrected chi connectivity index (χ4v) is 3.10. The number of non-ortho nitro benzene ring substituents is 1. The Labute approximate surface area is 167 Å². The molecular formula is C21H22N4O4. The third kappa shape index (κ3) is 4.26. The lowest BCUT2D eigenvalue weighted by Crippen LogP contribution is -2.19. The van der Waals surface area contributed by atoms with Gasteiger partial charge in [0.05, 0.1) is 34.7 Å². The van der Waals surface area contributed by atoms with Crippen molar-refractivity contribution in [2.24, 2.45) is 4.99 Å². The third-order valence-electron chi connectivity index (χ3n) is 4.52. The van der Waals surface area contributed by atoms with Crippen LogP contribution in [0, 0.1) is 10.1 Å². The van der Waals surface area contributed by atoms with Crippen molar-refractivity contribution in [1.82, 2.24) is 9.78 Å². The minimum atomic E-state index is -0.471. The van der Waals surface area contributed by atoms with Gasteiger partial charge in [-0.15, -0.1) is 0 Å². The zero-order chi connectivity index (χ0) is 21.0. The molecule has 0 aliphatic carbocycles. The number of rotatable bonds is 7. The molecule has 0 saturated heterocycles. The number of nitrogens with zero attached hydrogens (tertiary/aromatic N) is 3. The zero-order valence-corrected chi connectivity index (χ0v) is 16.5. The molecule has 1 N–H and O–H groups in total. The van der Waals surface area contributed by atoms with E-state index in [0.29, 0.717) is 29.1 Å². The number of benzene rings is 2. The van der Waals surface area contributed by atoms with E-state index in [9.17, 15) is 14.9 Å². The van der Waals surface area contributed by atoms with E-state index in [0.717, 1.165) is 17.9 Å². The third-order valence-corrected chi connectivity index (χ3v) is 4.52. The van der Waals surface area contributed by atoms with Gasteiger partial charge in [-0.3, -0.25) is 25.0 Å². The van der Waals surface area contributed by atoms with Crippen molar-refractivity contribution in [3.8, 4) is 11.4 Å². The van der Waals surface area contributed by atoms with Crippen molar-refractivity contribution >= 4 is 17.1 Å². The Balaban J connectivity index is 2.04. The number of nitrogens with one attached hydrogen (secondary N) is 1. The normalized spacial score (nSPS) is 11.5. The molecule has 3 aromatic rings. The van der Waals surface area contributed by atoms with Gasteiger partial charge in [-0.1, -0.05) is 13.3 Å². The topological polar surface area (TPSA) is 103 Å². The monoisotopic (exact) mass is 394 g/mol. The van der Waals surface area contributed by atoms with Gasteiger partial charge in [0.2, 0.25) is 0 Å². The second-order valence-corrected chi connectivity index (χ2v) is 6.52. The Morgan fingerprint density at radius 3 is 2.38 bits per heavy atom. The molecule has 0 saturated carbocycles. The summed E-state index contributed by atoms with van der Waals surface area (Å²) in [5.74, 6) is 0.732. The molecule has 0 spiro atoms. The van der Waals surface area contributed by atoms with Crippen molar-refractivity contribution in [3.05, 3.63) is 80.3 Å². The van der Waals surface area contributed by atoms with E-state index in [2.05, 4.69) is 10.1 Å². The predicted octanol–water partition coefficient (Wildman–Crippen LogP) is 4.18. The second kappa shape index (κ2) is 8.55. The number of aromatic amines is 1. The summed E-state index contributed by atoms with van der Waals surface area (Å²) in [6.07, 6.45) is 1.53. The number of hydrogen-bond acceptors (Lipinski definition) is 5. The predicted molar refractivity (Wildman–Crippen MR) is 112 cm³/mol. The van der Waals surface area contributed by atoms with Gasteiger partial charge in [0, 0.05) is 17.8 Å². The highest BCUT2D eigenvalue weighted by atomic mass is 16.6. The van der Waals surface area contributed by atoms with E-state index >= 15 is 0 Å². The maximum atomic E-state index is 13.1. The fraction of sp³-hybridized carbons (Fsp3) is 0.238. The van der Waals surface area contributed by atoms with E-state index < -0.39 is 4.92 Å². The molecule has 0 radical (unpaired) electrons. The summed E-state index contributed by atoms with van der Waals surface area (Å²) in [4.78, 5) is 28.1. The first-order chi connectivity index (χ1) is 13.9. The van der Waals surface area contributed by atoms with Crippen LogP contribution in [0.3, 0.4) is 0 Å². The van der Waals surface area contributed by atoms with Crippen molar-refractivity contribution in [2.75, 3.05) is 7.11 Å². The molecule has 0 unspecified atom stereocenters. The number of aromatic nitrogens is 2.